The summed E-state index contributed by atoms with van der Waals surface area (Å²) in [4.78, 5) is 22.3. The van der Waals surface area contributed by atoms with Crippen molar-refractivity contribution in [3.8, 4) is 0 Å². The summed E-state index contributed by atoms with van der Waals surface area (Å²) < 4.78 is 11.3. The van der Waals surface area contributed by atoms with Gasteiger partial charge in [0.25, 0.3) is 0 Å². The van der Waals surface area contributed by atoms with E-state index in [-0.39, 0.29) is 12.5 Å². The zero-order valence-corrected chi connectivity index (χ0v) is 15.0. The number of carboxylic acids is 2. The normalized spacial score (nSPS) is 25.3. The molecule has 1 rings (SSSR count). The molecular formula is C18H32O6. The van der Waals surface area contributed by atoms with Gasteiger partial charge in [0.05, 0.1) is 12.0 Å². The van der Waals surface area contributed by atoms with Gasteiger partial charge in [-0.1, -0.05) is 38.5 Å². The third-order valence-electron chi connectivity index (χ3n) is 5.26. The van der Waals surface area contributed by atoms with Crippen LogP contribution in [0.25, 0.3) is 0 Å². The van der Waals surface area contributed by atoms with E-state index in [1.807, 2.05) is 0 Å². The molecule has 1 fully saturated rings. The van der Waals surface area contributed by atoms with E-state index in [4.69, 9.17) is 14.6 Å². The molecule has 6 heteroatoms. The molecule has 0 bridgehead atoms. The predicted molar refractivity (Wildman–Crippen MR) is 90.1 cm³/mol. The minimum absolute atomic E-state index is 0.173. The van der Waals surface area contributed by atoms with Gasteiger partial charge >= 0.3 is 11.9 Å². The Morgan fingerprint density at radius 2 is 1.75 bits per heavy atom. The average molecular weight is 344 g/mol. The first-order chi connectivity index (χ1) is 11.5. The van der Waals surface area contributed by atoms with Crippen LogP contribution in [0.2, 0.25) is 0 Å². The van der Waals surface area contributed by atoms with Gasteiger partial charge in [-0.3, -0.25) is 9.59 Å². The Morgan fingerprint density at radius 1 is 1.08 bits per heavy atom. The molecule has 0 radical (unpaired) electrons. The summed E-state index contributed by atoms with van der Waals surface area (Å²) in [5.74, 6) is -2.13. The van der Waals surface area contributed by atoms with Crippen LogP contribution < -0.4 is 0 Å². The second-order valence-corrected chi connectivity index (χ2v) is 6.72. The van der Waals surface area contributed by atoms with Crippen molar-refractivity contribution in [1.29, 1.82) is 0 Å². The number of rotatable bonds is 12. The van der Waals surface area contributed by atoms with Crippen molar-refractivity contribution in [2.24, 2.45) is 5.92 Å². The average Bonchev–Trinajstić information content (AvgIpc) is 2.56. The number of ether oxygens (including phenoxy) is 2. The highest BCUT2D eigenvalue weighted by Gasteiger charge is 2.50. The monoisotopic (exact) mass is 344 g/mol. The molecule has 1 aliphatic carbocycles. The highest BCUT2D eigenvalue weighted by Crippen LogP contribution is 2.41. The van der Waals surface area contributed by atoms with Crippen LogP contribution in [0, 0.1) is 5.92 Å². The smallest absolute Gasteiger partial charge is 0.309 e. The summed E-state index contributed by atoms with van der Waals surface area (Å²) in [6.07, 6.45) is 8.40. The van der Waals surface area contributed by atoms with E-state index in [9.17, 15) is 14.7 Å². The Morgan fingerprint density at radius 3 is 2.33 bits per heavy atom. The number of hydrogen-bond acceptors (Lipinski definition) is 4. The van der Waals surface area contributed by atoms with Gasteiger partial charge in [-0.25, -0.2) is 0 Å². The SMILES string of the molecule is COC1CCCCC1(OC)C(CCCCCCCC(=O)O)C(=O)O. The second-order valence-electron chi connectivity index (χ2n) is 6.72. The molecule has 1 aliphatic rings. The topological polar surface area (TPSA) is 93.1 Å². The first kappa shape index (κ1) is 20.9. The van der Waals surface area contributed by atoms with Crippen LogP contribution in [0.1, 0.15) is 70.6 Å². The largest absolute Gasteiger partial charge is 0.481 e. The van der Waals surface area contributed by atoms with E-state index in [1.165, 1.54) is 0 Å². The van der Waals surface area contributed by atoms with Crippen LogP contribution in [-0.2, 0) is 19.1 Å². The number of aliphatic carboxylic acids is 2. The molecule has 6 nitrogen and oxygen atoms in total. The van der Waals surface area contributed by atoms with Crippen LogP contribution in [0.4, 0.5) is 0 Å². The highest BCUT2D eigenvalue weighted by atomic mass is 16.5. The lowest BCUT2D eigenvalue weighted by Gasteiger charge is -2.45. The fraction of sp³-hybridized carbons (Fsp3) is 0.889. The van der Waals surface area contributed by atoms with Crippen LogP contribution in [0.15, 0.2) is 0 Å². The van der Waals surface area contributed by atoms with Gasteiger partial charge in [-0.2, -0.15) is 0 Å². The van der Waals surface area contributed by atoms with Crippen LogP contribution in [0.5, 0.6) is 0 Å². The maximum atomic E-state index is 11.9. The first-order valence-electron chi connectivity index (χ1n) is 9.00. The lowest BCUT2D eigenvalue weighted by Crippen LogP contribution is -2.55. The Balaban J connectivity index is 2.53. The standard InChI is InChI=1S/C18H32O6/c1-23-15-11-8-9-13-18(15,24-2)14(17(21)22)10-6-4-3-5-7-12-16(19)20/h14-15H,3-13H2,1-2H3,(H,19,20)(H,21,22). The molecule has 24 heavy (non-hydrogen) atoms. The third kappa shape index (κ3) is 5.74. The van der Waals surface area contributed by atoms with Gasteiger partial charge in [-0.15, -0.1) is 0 Å². The number of hydrogen-bond donors (Lipinski definition) is 2. The second kappa shape index (κ2) is 10.7. The summed E-state index contributed by atoms with van der Waals surface area (Å²) >= 11 is 0. The number of methoxy groups -OCH3 is 2. The lowest BCUT2D eigenvalue weighted by molar-refractivity contribution is -0.188. The Labute approximate surface area is 144 Å². The maximum absolute atomic E-state index is 11.9. The molecule has 140 valence electrons. The van der Waals surface area contributed by atoms with Crippen molar-refractivity contribution < 1.29 is 29.3 Å². The third-order valence-corrected chi connectivity index (χ3v) is 5.26. The summed E-state index contributed by atoms with van der Waals surface area (Å²) in [6.45, 7) is 0. The minimum atomic E-state index is -0.813. The van der Waals surface area contributed by atoms with Crippen molar-refractivity contribution in [3.05, 3.63) is 0 Å². The van der Waals surface area contributed by atoms with E-state index in [0.29, 0.717) is 12.8 Å². The van der Waals surface area contributed by atoms with Crippen molar-refractivity contribution in [2.45, 2.75) is 82.3 Å². The van der Waals surface area contributed by atoms with E-state index in [0.717, 1.165) is 51.4 Å². The Bertz CT molecular complexity index is 397. The van der Waals surface area contributed by atoms with Gasteiger partial charge in [-0.05, 0) is 25.7 Å². The van der Waals surface area contributed by atoms with Gasteiger partial charge in [0.15, 0.2) is 0 Å². The summed E-state index contributed by atoms with van der Waals surface area (Å²) in [6, 6.07) is 0. The molecule has 0 saturated heterocycles. The summed E-state index contributed by atoms with van der Waals surface area (Å²) in [7, 11) is 3.23. The Kier molecular flexibility index (Phi) is 9.29. The van der Waals surface area contributed by atoms with Gasteiger partial charge in [0.2, 0.25) is 0 Å². The number of carboxylic acid groups (broad SMARTS) is 2. The summed E-state index contributed by atoms with van der Waals surface area (Å²) in [5.41, 5.74) is -0.734. The predicted octanol–water partition coefficient (Wildman–Crippen LogP) is 3.48. The van der Waals surface area contributed by atoms with Gasteiger partial charge in [0.1, 0.15) is 5.60 Å². The molecule has 3 unspecified atom stereocenters. The van der Waals surface area contributed by atoms with Crippen molar-refractivity contribution in [3.63, 3.8) is 0 Å². The molecule has 0 spiro atoms. The molecule has 0 aromatic heterocycles. The van der Waals surface area contributed by atoms with Gasteiger partial charge in [0, 0.05) is 20.6 Å². The molecule has 3 atom stereocenters. The fourth-order valence-corrected chi connectivity index (χ4v) is 3.96. The number of carbonyl (C=O) groups is 2. The van der Waals surface area contributed by atoms with Crippen LogP contribution in [-0.4, -0.2) is 48.1 Å². The van der Waals surface area contributed by atoms with E-state index < -0.39 is 23.5 Å². The summed E-state index contributed by atoms with van der Waals surface area (Å²) in [5, 5.41) is 18.3. The highest BCUT2D eigenvalue weighted by molar-refractivity contribution is 5.71. The van der Waals surface area contributed by atoms with Gasteiger partial charge < -0.3 is 19.7 Å². The molecule has 0 heterocycles. The zero-order valence-electron chi connectivity index (χ0n) is 15.0. The van der Waals surface area contributed by atoms with Crippen LogP contribution >= 0.6 is 0 Å². The molecule has 0 aromatic carbocycles. The van der Waals surface area contributed by atoms with E-state index >= 15 is 0 Å². The Hall–Kier alpha value is -1.14. The maximum Gasteiger partial charge on any atom is 0.309 e. The molecule has 1 saturated carbocycles. The molecule has 0 aliphatic heterocycles. The first-order valence-corrected chi connectivity index (χ1v) is 9.00. The van der Waals surface area contributed by atoms with E-state index in [1.54, 1.807) is 14.2 Å². The quantitative estimate of drug-likeness (QED) is 0.527. The number of unbranched alkanes of at least 4 members (excludes halogenated alkanes) is 4. The van der Waals surface area contributed by atoms with Crippen molar-refractivity contribution >= 4 is 11.9 Å². The lowest BCUT2D eigenvalue weighted by atomic mass is 9.71. The van der Waals surface area contributed by atoms with Crippen molar-refractivity contribution in [1.82, 2.24) is 0 Å². The molecule has 2 N–H and O–H groups in total. The molecule has 0 amide bonds. The van der Waals surface area contributed by atoms with Crippen molar-refractivity contribution in [2.75, 3.05) is 14.2 Å². The minimum Gasteiger partial charge on any atom is -0.481 e. The fourth-order valence-electron chi connectivity index (χ4n) is 3.96. The van der Waals surface area contributed by atoms with E-state index in [2.05, 4.69) is 0 Å². The molecular weight excluding hydrogens is 312 g/mol. The molecule has 0 aromatic rings. The van der Waals surface area contributed by atoms with Crippen LogP contribution in [0.3, 0.4) is 0 Å². The zero-order chi connectivity index (χ0) is 18.0.